The van der Waals surface area contributed by atoms with E-state index >= 15 is 0 Å². The number of ether oxygens (including phenoxy) is 1. The quantitative estimate of drug-likeness (QED) is 0.926. The molecule has 0 aliphatic heterocycles. The highest BCUT2D eigenvalue weighted by Crippen LogP contribution is 2.38. The van der Waals surface area contributed by atoms with Crippen molar-refractivity contribution in [3.63, 3.8) is 0 Å². The van der Waals surface area contributed by atoms with Crippen molar-refractivity contribution >= 4 is 0 Å². The molecule has 1 aromatic carbocycles. The average Bonchev–Trinajstić information content (AvgIpc) is 3.10. The third-order valence-electron chi connectivity index (χ3n) is 3.95. The molecule has 0 bridgehead atoms. The molecule has 1 unspecified atom stereocenters. The van der Waals surface area contributed by atoms with Crippen LogP contribution < -0.4 is 4.74 Å². The first-order valence-electron chi connectivity index (χ1n) is 7.06. The third-order valence-corrected chi connectivity index (χ3v) is 3.95. The van der Waals surface area contributed by atoms with Crippen LogP contribution in [-0.4, -0.2) is 15.2 Å². The molecule has 0 saturated heterocycles. The van der Waals surface area contributed by atoms with Gasteiger partial charge in [-0.15, -0.1) is 0 Å². The van der Waals surface area contributed by atoms with Crippen LogP contribution in [0.2, 0.25) is 0 Å². The van der Waals surface area contributed by atoms with E-state index in [0.717, 1.165) is 42.8 Å². The lowest BCUT2D eigenvalue weighted by atomic mass is 10.1. The van der Waals surface area contributed by atoms with Crippen molar-refractivity contribution in [1.29, 1.82) is 0 Å². The number of aliphatic hydroxyl groups excluding tert-OH is 1. The normalized spacial score (nSPS) is 20.9. The van der Waals surface area contributed by atoms with Gasteiger partial charge in [0.25, 0.3) is 5.89 Å². The zero-order chi connectivity index (χ0) is 13.5. The fourth-order valence-electron chi connectivity index (χ4n) is 2.64. The van der Waals surface area contributed by atoms with Crippen molar-refractivity contribution in [1.82, 2.24) is 10.1 Å². The summed E-state index contributed by atoms with van der Waals surface area (Å²) in [4.78, 5) is 4.33. The van der Waals surface area contributed by atoms with Gasteiger partial charge in [0.05, 0.1) is 6.10 Å². The van der Waals surface area contributed by atoms with E-state index in [4.69, 9.17) is 9.26 Å². The molecule has 2 aliphatic rings. The van der Waals surface area contributed by atoms with Gasteiger partial charge in [0.15, 0.2) is 12.4 Å². The van der Waals surface area contributed by atoms with E-state index in [-0.39, 0.29) is 6.10 Å². The SMILES string of the molecule is OC1CCc2cc(OCc3nc(C4CC4)no3)ccc21. The summed E-state index contributed by atoms with van der Waals surface area (Å²) < 4.78 is 10.9. The van der Waals surface area contributed by atoms with Crippen molar-refractivity contribution in [3.05, 3.63) is 41.0 Å². The minimum atomic E-state index is -0.323. The zero-order valence-electron chi connectivity index (χ0n) is 11.1. The van der Waals surface area contributed by atoms with E-state index < -0.39 is 0 Å². The highest BCUT2D eigenvalue weighted by molar-refractivity contribution is 5.39. The van der Waals surface area contributed by atoms with Gasteiger partial charge >= 0.3 is 0 Å². The van der Waals surface area contributed by atoms with Crippen LogP contribution in [0.1, 0.15) is 54.1 Å². The summed E-state index contributed by atoms with van der Waals surface area (Å²) in [6.07, 6.45) is 3.70. The zero-order valence-corrected chi connectivity index (χ0v) is 11.1. The van der Waals surface area contributed by atoms with Crippen LogP contribution in [0.25, 0.3) is 0 Å². The number of aliphatic hydroxyl groups is 1. The van der Waals surface area contributed by atoms with Gasteiger partial charge < -0.3 is 14.4 Å². The number of fused-ring (bicyclic) bond motifs is 1. The van der Waals surface area contributed by atoms with Crippen LogP contribution in [0.4, 0.5) is 0 Å². The molecular weight excluding hydrogens is 256 g/mol. The van der Waals surface area contributed by atoms with Gasteiger partial charge in [-0.2, -0.15) is 4.98 Å². The summed E-state index contributed by atoms with van der Waals surface area (Å²) in [5, 5.41) is 13.7. The summed E-state index contributed by atoms with van der Waals surface area (Å²) in [6.45, 7) is 0.293. The number of aryl methyl sites for hydroxylation is 1. The predicted octanol–water partition coefficient (Wildman–Crippen LogP) is 2.51. The molecule has 1 atom stereocenters. The highest BCUT2D eigenvalue weighted by atomic mass is 16.5. The second-order valence-corrected chi connectivity index (χ2v) is 5.52. The number of rotatable bonds is 4. The molecule has 104 valence electrons. The Morgan fingerprint density at radius 1 is 1.30 bits per heavy atom. The van der Waals surface area contributed by atoms with Crippen molar-refractivity contribution in [2.24, 2.45) is 0 Å². The molecule has 5 heteroatoms. The Morgan fingerprint density at radius 2 is 2.20 bits per heavy atom. The topological polar surface area (TPSA) is 68.4 Å². The minimum Gasteiger partial charge on any atom is -0.484 e. The van der Waals surface area contributed by atoms with Crippen LogP contribution in [0, 0.1) is 0 Å². The molecule has 20 heavy (non-hydrogen) atoms. The Balaban J connectivity index is 1.43. The van der Waals surface area contributed by atoms with Crippen molar-refractivity contribution < 1.29 is 14.4 Å². The molecule has 2 aromatic rings. The molecule has 2 aliphatic carbocycles. The fraction of sp³-hybridized carbons (Fsp3) is 0.467. The first-order chi connectivity index (χ1) is 9.79. The smallest absolute Gasteiger partial charge is 0.264 e. The van der Waals surface area contributed by atoms with E-state index in [2.05, 4.69) is 10.1 Å². The predicted molar refractivity (Wildman–Crippen MR) is 70.3 cm³/mol. The lowest BCUT2D eigenvalue weighted by Crippen LogP contribution is -1.97. The third kappa shape index (κ3) is 2.18. The molecule has 0 radical (unpaired) electrons. The Hall–Kier alpha value is -1.88. The monoisotopic (exact) mass is 272 g/mol. The summed E-state index contributed by atoms with van der Waals surface area (Å²) in [5.74, 6) is 2.60. The maximum Gasteiger partial charge on any atom is 0.264 e. The highest BCUT2D eigenvalue weighted by Gasteiger charge is 2.28. The molecule has 4 rings (SSSR count). The Kier molecular flexibility index (Phi) is 2.73. The molecule has 1 aromatic heterocycles. The summed E-state index contributed by atoms with van der Waals surface area (Å²) in [6, 6.07) is 5.81. The van der Waals surface area contributed by atoms with Gasteiger partial charge in [0.2, 0.25) is 0 Å². The largest absolute Gasteiger partial charge is 0.484 e. The summed E-state index contributed by atoms with van der Waals surface area (Å²) in [5.41, 5.74) is 2.19. The Labute approximate surface area is 116 Å². The fourth-order valence-corrected chi connectivity index (χ4v) is 2.64. The number of benzene rings is 1. The lowest BCUT2D eigenvalue weighted by Gasteiger charge is -2.07. The van der Waals surface area contributed by atoms with Crippen LogP contribution in [-0.2, 0) is 13.0 Å². The molecule has 5 nitrogen and oxygen atoms in total. The molecule has 0 spiro atoms. The molecule has 0 amide bonds. The lowest BCUT2D eigenvalue weighted by molar-refractivity contribution is 0.180. The number of nitrogens with zero attached hydrogens (tertiary/aromatic N) is 2. The van der Waals surface area contributed by atoms with Crippen molar-refractivity contribution in [2.45, 2.75) is 44.3 Å². The number of hydrogen-bond acceptors (Lipinski definition) is 5. The van der Waals surface area contributed by atoms with E-state index in [1.54, 1.807) is 0 Å². The molecule has 1 heterocycles. The van der Waals surface area contributed by atoms with Crippen LogP contribution in [0.5, 0.6) is 5.75 Å². The maximum absolute atomic E-state index is 9.77. The van der Waals surface area contributed by atoms with Gasteiger partial charge in [0, 0.05) is 5.92 Å². The van der Waals surface area contributed by atoms with Crippen molar-refractivity contribution in [3.8, 4) is 5.75 Å². The Morgan fingerprint density at radius 3 is 3.05 bits per heavy atom. The van der Waals surface area contributed by atoms with Gasteiger partial charge in [-0.25, -0.2) is 0 Å². The maximum atomic E-state index is 9.77. The molecule has 1 saturated carbocycles. The number of aromatic nitrogens is 2. The van der Waals surface area contributed by atoms with Crippen LogP contribution >= 0.6 is 0 Å². The first kappa shape index (κ1) is 11.9. The van der Waals surface area contributed by atoms with Crippen LogP contribution in [0.3, 0.4) is 0 Å². The number of hydrogen-bond donors (Lipinski definition) is 1. The van der Waals surface area contributed by atoms with Gasteiger partial charge in [-0.1, -0.05) is 11.2 Å². The molecule has 1 fully saturated rings. The van der Waals surface area contributed by atoms with E-state index in [0.29, 0.717) is 18.4 Å². The standard InChI is InChI=1S/C15H16N2O3/c18-13-6-3-10-7-11(4-5-12(10)13)19-8-14-16-15(17-20-14)9-1-2-9/h4-5,7,9,13,18H,1-3,6,8H2. The van der Waals surface area contributed by atoms with Gasteiger partial charge in [-0.3, -0.25) is 0 Å². The van der Waals surface area contributed by atoms with Crippen molar-refractivity contribution in [2.75, 3.05) is 0 Å². The minimum absolute atomic E-state index is 0.293. The first-order valence-corrected chi connectivity index (χ1v) is 7.06. The summed E-state index contributed by atoms with van der Waals surface area (Å²) in [7, 11) is 0. The van der Waals surface area contributed by atoms with Gasteiger partial charge in [0.1, 0.15) is 5.75 Å². The van der Waals surface area contributed by atoms with E-state index in [9.17, 15) is 5.11 Å². The molecular formula is C15H16N2O3. The Bertz CT molecular complexity index is 634. The van der Waals surface area contributed by atoms with E-state index in [1.807, 2.05) is 18.2 Å². The summed E-state index contributed by atoms with van der Waals surface area (Å²) >= 11 is 0. The average molecular weight is 272 g/mol. The van der Waals surface area contributed by atoms with Crippen LogP contribution in [0.15, 0.2) is 22.7 Å². The molecule has 1 N–H and O–H groups in total. The second kappa shape index (κ2) is 4.59. The van der Waals surface area contributed by atoms with Gasteiger partial charge in [-0.05, 0) is 48.9 Å². The van der Waals surface area contributed by atoms with E-state index in [1.165, 1.54) is 5.56 Å². The second-order valence-electron chi connectivity index (χ2n) is 5.52.